The van der Waals surface area contributed by atoms with E-state index in [1.165, 1.54) is 23.0 Å². The predicted octanol–water partition coefficient (Wildman–Crippen LogP) is -0.735. The Hall–Kier alpha value is -1.54. The van der Waals surface area contributed by atoms with Crippen molar-refractivity contribution in [3.63, 3.8) is 0 Å². The number of aliphatic hydroxyl groups is 1. The van der Waals surface area contributed by atoms with Gasteiger partial charge in [0.05, 0.1) is 30.9 Å². The van der Waals surface area contributed by atoms with Gasteiger partial charge in [-0.2, -0.15) is 0 Å². The van der Waals surface area contributed by atoms with Crippen LogP contribution in [0.2, 0.25) is 0 Å². The van der Waals surface area contributed by atoms with E-state index in [9.17, 15) is 19.8 Å². The van der Waals surface area contributed by atoms with Gasteiger partial charge >= 0.3 is 5.97 Å². The molecule has 0 bridgehead atoms. The molecule has 0 saturated carbocycles. The molecule has 4 atom stereocenters. The van der Waals surface area contributed by atoms with Crippen molar-refractivity contribution < 1.29 is 19.8 Å². The van der Waals surface area contributed by atoms with Crippen molar-refractivity contribution in [2.45, 2.75) is 25.1 Å². The minimum Gasteiger partial charge on any atom is -0.479 e. The highest BCUT2D eigenvalue weighted by Gasteiger charge is 2.57. The SMILES string of the molecule is C[C@@H](O)[C@H]1C(=O)N2C(C(=O)O)C(SCCN=CN)=C[C@H]12. The molecular formula is C12H17N3O4S. The van der Waals surface area contributed by atoms with Gasteiger partial charge in [-0.15, -0.1) is 11.8 Å². The first-order valence-corrected chi connectivity index (χ1v) is 7.25. The standard InChI is InChI=1S/C12H17N3O4S/c1-6(16)9-7-4-8(20-3-2-14-5-13)10(12(18)19)15(7)11(9)17/h4-7,9-10,16H,2-3H2,1H3,(H2,13,14)(H,18,19)/t6-,7-,9-,10?/m1/s1. The summed E-state index contributed by atoms with van der Waals surface area (Å²) < 4.78 is 0. The normalized spacial score (nSPS) is 30.1. The van der Waals surface area contributed by atoms with Crippen LogP contribution in [0.3, 0.4) is 0 Å². The predicted molar refractivity (Wildman–Crippen MR) is 75.3 cm³/mol. The van der Waals surface area contributed by atoms with Crippen LogP contribution in [0.25, 0.3) is 0 Å². The number of aliphatic hydroxyl groups excluding tert-OH is 1. The molecule has 110 valence electrons. The third kappa shape index (κ3) is 2.40. The van der Waals surface area contributed by atoms with Gasteiger partial charge in [-0.05, 0) is 13.0 Å². The Kier molecular flexibility index (Phi) is 4.34. The molecule has 4 N–H and O–H groups in total. The third-order valence-corrected chi connectivity index (χ3v) is 4.54. The molecule has 1 amide bonds. The average molecular weight is 299 g/mol. The highest BCUT2D eigenvalue weighted by molar-refractivity contribution is 8.03. The number of fused-ring (bicyclic) bond motifs is 1. The van der Waals surface area contributed by atoms with Gasteiger partial charge in [-0.25, -0.2) is 4.79 Å². The van der Waals surface area contributed by atoms with Crippen LogP contribution in [0.1, 0.15) is 6.92 Å². The van der Waals surface area contributed by atoms with Crippen molar-refractivity contribution in [2.24, 2.45) is 16.6 Å². The maximum absolute atomic E-state index is 11.9. The molecule has 2 aliphatic rings. The fourth-order valence-corrected chi connectivity index (χ4v) is 3.63. The van der Waals surface area contributed by atoms with Crippen LogP contribution in [-0.2, 0) is 9.59 Å². The number of carboxylic acids is 1. The molecule has 20 heavy (non-hydrogen) atoms. The second-order valence-corrected chi connectivity index (χ2v) is 5.88. The molecule has 8 heteroatoms. The molecule has 2 heterocycles. The van der Waals surface area contributed by atoms with Gasteiger partial charge in [-0.3, -0.25) is 9.79 Å². The van der Waals surface area contributed by atoms with Crippen LogP contribution in [0, 0.1) is 5.92 Å². The summed E-state index contributed by atoms with van der Waals surface area (Å²) in [5.74, 6) is -1.29. The number of hydrogen-bond donors (Lipinski definition) is 3. The van der Waals surface area contributed by atoms with E-state index in [1.54, 1.807) is 13.0 Å². The van der Waals surface area contributed by atoms with Crippen LogP contribution < -0.4 is 5.73 Å². The largest absolute Gasteiger partial charge is 0.479 e. The van der Waals surface area contributed by atoms with Crippen molar-refractivity contribution >= 4 is 30.0 Å². The number of β-lactam (4-membered cyclic amide) rings is 1. The van der Waals surface area contributed by atoms with E-state index in [-0.39, 0.29) is 11.9 Å². The Bertz CT molecular complexity index is 477. The number of aliphatic imine (C=N–C) groups is 1. The van der Waals surface area contributed by atoms with Crippen LogP contribution >= 0.6 is 11.8 Å². The number of thioether (sulfide) groups is 1. The minimum atomic E-state index is -1.05. The van der Waals surface area contributed by atoms with E-state index >= 15 is 0 Å². The zero-order chi connectivity index (χ0) is 14.9. The molecule has 7 nitrogen and oxygen atoms in total. The first-order valence-electron chi connectivity index (χ1n) is 6.26. The second-order valence-electron chi connectivity index (χ2n) is 4.72. The summed E-state index contributed by atoms with van der Waals surface area (Å²) in [6.07, 6.45) is 2.20. The van der Waals surface area contributed by atoms with Gasteiger partial charge in [-0.1, -0.05) is 0 Å². The van der Waals surface area contributed by atoms with Gasteiger partial charge in [0.25, 0.3) is 0 Å². The highest BCUT2D eigenvalue weighted by Crippen LogP contribution is 2.43. The van der Waals surface area contributed by atoms with Gasteiger partial charge < -0.3 is 20.8 Å². The van der Waals surface area contributed by atoms with Crippen molar-refractivity contribution in [2.75, 3.05) is 12.3 Å². The molecule has 0 aromatic rings. The summed E-state index contributed by atoms with van der Waals surface area (Å²) >= 11 is 1.36. The van der Waals surface area contributed by atoms with E-state index in [4.69, 9.17) is 5.73 Å². The Balaban J connectivity index is 2.09. The Morgan fingerprint density at radius 2 is 2.40 bits per heavy atom. The highest BCUT2D eigenvalue weighted by atomic mass is 32.2. The smallest absolute Gasteiger partial charge is 0.331 e. The molecule has 1 fully saturated rings. The van der Waals surface area contributed by atoms with Crippen LogP contribution in [-0.4, -0.2) is 63.8 Å². The topological polar surface area (TPSA) is 116 Å². The molecular weight excluding hydrogens is 282 g/mol. The van der Waals surface area contributed by atoms with Crippen molar-refractivity contribution in [3.8, 4) is 0 Å². The van der Waals surface area contributed by atoms with E-state index in [0.29, 0.717) is 17.2 Å². The number of amides is 1. The zero-order valence-electron chi connectivity index (χ0n) is 11.0. The maximum atomic E-state index is 11.9. The number of carboxylic acid groups (broad SMARTS) is 1. The number of nitrogens with two attached hydrogens (primary N) is 1. The molecule has 0 spiro atoms. The number of aliphatic carboxylic acids is 1. The van der Waals surface area contributed by atoms with Gasteiger partial charge in [0, 0.05) is 10.7 Å². The quantitative estimate of drug-likeness (QED) is 0.257. The van der Waals surface area contributed by atoms with Crippen molar-refractivity contribution in [1.82, 2.24) is 4.90 Å². The Morgan fingerprint density at radius 1 is 1.70 bits per heavy atom. The molecule has 1 unspecified atom stereocenters. The fraction of sp³-hybridized carbons (Fsp3) is 0.583. The molecule has 0 radical (unpaired) electrons. The lowest BCUT2D eigenvalue weighted by atomic mass is 9.84. The van der Waals surface area contributed by atoms with E-state index in [1.807, 2.05) is 0 Å². The second kappa shape index (κ2) is 5.84. The van der Waals surface area contributed by atoms with E-state index < -0.39 is 24.0 Å². The maximum Gasteiger partial charge on any atom is 0.331 e. The first kappa shape index (κ1) is 14.9. The molecule has 0 aromatic heterocycles. The third-order valence-electron chi connectivity index (χ3n) is 3.46. The Labute approximate surface area is 120 Å². The Morgan fingerprint density at radius 3 is 2.95 bits per heavy atom. The summed E-state index contributed by atoms with van der Waals surface area (Å²) in [7, 11) is 0. The molecule has 2 aliphatic heterocycles. The summed E-state index contributed by atoms with van der Waals surface area (Å²) in [4.78, 5) is 29.1. The minimum absolute atomic E-state index is 0.302. The van der Waals surface area contributed by atoms with Crippen molar-refractivity contribution in [3.05, 3.63) is 11.0 Å². The van der Waals surface area contributed by atoms with Gasteiger partial charge in [0.2, 0.25) is 5.91 Å². The summed E-state index contributed by atoms with van der Waals surface area (Å²) in [5, 5.41) is 18.9. The first-order chi connectivity index (χ1) is 9.49. The summed E-state index contributed by atoms with van der Waals surface area (Å²) in [6, 6.07) is -1.25. The molecule has 2 rings (SSSR count). The van der Waals surface area contributed by atoms with E-state index in [2.05, 4.69) is 4.99 Å². The van der Waals surface area contributed by atoms with Crippen LogP contribution in [0.5, 0.6) is 0 Å². The number of hydrogen-bond acceptors (Lipinski definition) is 5. The number of carbonyl (C=O) groups is 2. The lowest BCUT2D eigenvalue weighted by molar-refractivity contribution is -0.167. The molecule has 0 aromatic carbocycles. The van der Waals surface area contributed by atoms with Crippen LogP contribution in [0.4, 0.5) is 0 Å². The van der Waals surface area contributed by atoms with E-state index in [0.717, 1.165) is 0 Å². The van der Waals surface area contributed by atoms with Gasteiger partial charge in [0.1, 0.15) is 0 Å². The number of carbonyl (C=O) groups excluding carboxylic acids is 1. The fourth-order valence-electron chi connectivity index (χ4n) is 2.59. The lowest BCUT2D eigenvalue weighted by Crippen LogP contribution is -2.65. The monoisotopic (exact) mass is 299 g/mol. The number of nitrogens with zero attached hydrogens (tertiary/aromatic N) is 2. The molecule has 1 saturated heterocycles. The van der Waals surface area contributed by atoms with Crippen LogP contribution in [0.15, 0.2) is 16.0 Å². The number of rotatable bonds is 6. The summed E-state index contributed by atoms with van der Waals surface area (Å²) in [6.45, 7) is 2.04. The average Bonchev–Trinajstić information content (AvgIpc) is 2.69. The van der Waals surface area contributed by atoms with Gasteiger partial charge in [0.15, 0.2) is 6.04 Å². The summed E-state index contributed by atoms with van der Waals surface area (Å²) in [5.41, 5.74) is 5.13. The van der Waals surface area contributed by atoms with Crippen molar-refractivity contribution in [1.29, 1.82) is 0 Å². The lowest BCUT2D eigenvalue weighted by Gasteiger charge is -2.45. The molecule has 0 aliphatic carbocycles. The zero-order valence-corrected chi connectivity index (χ0v) is 11.8.